The zero-order chi connectivity index (χ0) is 19.2. The normalized spacial score (nSPS) is 15.8. The van der Waals surface area contributed by atoms with Gasteiger partial charge in [-0.3, -0.25) is 9.59 Å². The summed E-state index contributed by atoms with van der Waals surface area (Å²) in [4.78, 5) is 24.7. The molecule has 144 valence electrons. The summed E-state index contributed by atoms with van der Waals surface area (Å²) in [7, 11) is 0. The van der Waals surface area contributed by atoms with Crippen molar-refractivity contribution in [2.75, 3.05) is 6.61 Å². The zero-order valence-corrected chi connectivity index (χ0v) is 16.2. The minimum atomic E-state index is -0.444. The molecule has 0 spiro atoms. The van der Waals surface area contributed by atoms with Gasteiger partial charge in [0.15, 0.2) is 0 Å². The van der Waals surface area contributed by atoms with Crippen molar-refractivity contribution in [1.82, 2.24) is 25.5 Å². The van der Waals surface area contributed by atoms with Crippen molar-refractivity contribution >= 4 is 23.6 Å². The highest BCUT2D eigenvalue weighted by Gasteiger charge is 2.30. The smallest absolute Gasteiger partial charge is 0.308 e. The molecule has 1 heterocycles. The van der Waals surface area contributed by atoms with Crippen LogP contribution >= 0.6 is 11.8 Å². The molecule has 1 aromatic carbocycles. The molecule has 1 N–H and O–H groups in total. The van der Waals surface area contributed by atoms with Crippen LogP contribution in [0.15, 0.2) is 35.5 Å². The molecular weight excluding hydrogens is 366 g/mol. The molecule has 2 aromatic rings. The fourth-order valence-electron chi connectivity index (χ4n) is 2.64. The number of aromatic nitrogens is 4. The number of nitrogens with zero attached hydrogens (tertiary/aromatic N) is 4. The van der Waals surface area contributed by atoms with E-state index < -0.39 is 11.3 Å². The Bertz CT molecular complexity index is 778. The number of thioether (sulfide) groups is 1. The highest BCUT2D eigenvalue weighted by molar-refractivity contribution is 8.00. The van der Waals surface area contributed by atoms with E-state index in [4.69, 9.17) is 4.74 Å². The number of hydrogen-bond donors (Lipinski definition) is 1. The van der Waals surface area contributed by atoms with Crippen LogP contribution in [0.25, 0.3) is 0 Å². The first-order valence-electron chi connectivity index (χ1n) is 9.04. The molecule has 1 aromatic heterocycles. The topological polar surface area (TPSA) is 99.0 Å². The van der Waals surface area contributed by atoms with Crippen LogP contribution in [0.2, 0.25) is 0 Å². The molecule has 3 rings (SSSR count). The maximum Gasteiger partial charge on any atom is 0.308 e. The highest BCUT2D eigenvalue weighted by atomic mass is 32.2. The van der Waals surface area contributed by atoms with E-state index in [2.05, 4.69) is 20.8 Å². The van der Waals surface area contributed by atoms with E-state index >= 15 is 0 Å². The van der Waals surface area contributed by atoms with Crippen molar-refractivity contribution < 1.29 is 14.3 Å². The lowest BCUT2D eigenvalue weighted by Gasteiger charge is -2.20. The second-order valence-electron chi connectivity index (χ2n) is 6.38. The lowest BCUT2D eigenvalue weighted by Crippen LogP contribution is -2.35. The Morgan fingerprint density at radius 1 is 1.33 bits per heavy atom. The highest BCUT2D eigenvalue weighted by Crippen LogP contribution is 2.37. The summed E-state index contributed by atoms with van der Waals surface area (Å²) in [5, 5.41) is 14.9. The number of ether oxygens (including phenoxy) is 1. The number of hydrogen-bond acceptors (Lipinski definition) is 7. The van der Waals surface area contributed by atoms with Crippen molar-refractivity contribution in [2.45, 2.75) is 55.6 Å². The number of carbonyl (C=O) groups is 2. The molecule has 8 nitrogen and oxygen atoms in total. The molecule has 27 heavy (non-hydrogen) atoms. The average molecular weight is 389 g/mol. The van der Waals surface area contributed by atoms with E-state index in [1.165, 1.54) is 11.8 Å². The SMILES string of the molecule is CCOC(=O)CC(NC(=O)C(C)Sc1nnnn1C1CC1)c1ccccc1. The van der Waals surface area contributed by atoms with Gasteiger partial charge in [0.25, 0.3) is 0 Å². The Labute approximate surface area is 162 Å². The van der Waals surface area contributed by atoms with Gasteiger partial charge in [-0.1, -0.05) is 42.1 Å². The monoisotopic (exact) mass is 389 g/mol. The Morgan fingerprint density at radius 3 is 2.74 bits per heavy atom. The molecule has 0 saturated heterocycles. The summed E-state index contributed by atoms with van der Waals surface area (Å²) in [5.74, 6) is -0.520. The van der Waals surface area contributed by atoms with E-state index in [-0.39, 0.29) is 18.3 Å². The number of esters is 1. The van der Waals surface area contributed by atoms with Crippen LogP contribution in [0.4, 0.5) is 0 Å². The van der Waals surface area contributed by atoms with E-state index in [9.17, 15) is 9.59 Å². The third-order valence-corrected chi connectivity index (χ3v) is 5.25. The minimum Gasteiger partial charge on any atom is -0.466 e. The molecule has 0 radical (unpaired) electrons. The molecule has 2 unspecified atom stereocenters. The van der Waals surface area contributed by atoms with Crippen molar-refractivity contribution in [1.29, 1.82) is 0 Å². The molecule has 0 aliphatic heterocycles. The standard InChI is InChI=1S/C18H23N5O3S/c1-3-26-16(24)11-15(13-7-5-4-6-8-13)19-17(25)12(2)27-18-20-21-22-23(18)14-9-10-14/h4-8,12,14-15H,3,9-11H2,1-2H3,(H,19,25). The Balaban J connectivity index is 1.65. The van der Waals surface area contributed by atoms with Gasteiger partial charge >= 0.3 is 5.97 Å². The molecule has 1 aliphatic rings. The number of tetrazole rings is 1. The summed E-state index contributed by atoms with van der Waals surface area (Å²) in [6.45, 7) is 3.87. The summed E-state index contributed by atoms with van der Waals surface area (Å²) in [6.07, 6.45) is 2.21. The van der Waals surface area contributed by atoms with Crippen LogP contribution in [0.5, 0.6) is 0 Å². The van der Waals surface area contributed by atoms with Crippen LogP contribution in [-0.4, -0.2) is 43.9 Å². The Hall–Kier alpha value is -2.42. The van der Waals surface area contributed by atoms with Crippen molar-refractivity contribution in [3.05, 3.63) is 35.9 Å². The molecule has 0 bridgehead atoms. The quantitative estimate of drug-likeness (QED) is 0.519. The van der Waals surface area contributed by atoms with Crippen molar-refractivity contribution in [3.8, 4) is 0 Å². The zero-order valence-electron chi connectivity index (χ0n) is 15.4. The summed E-state index contributed by atoms with van der Waals surface area (Å²) in [6, 6.07) is 9.32. The molecule has 9 heteroatoms. The van der Waals surface area contributed by atoms with Gasteiger partial charge in [0.1, 0.15) is 0 Å². The molecule has 2 atom stereocenters. The van der Waals surface area contributed by atoms with Crippen molar-refractivity contribution in [3.63, 3.8) is 0 Å². The molecule has 1 amide bonds. The third kappa shape index (κ3) is 5.29. The molecular formula is C18H23N5O3S. The molecule has 1 fully saturated rings. The number of rotatable bonds is 9. The molecule has 1 aliphatic carbocycles. The first-order chi connectivity index (χ1) is 13.1. The summed E-state index contributed by atoms with van der Waals surface area (Å²) >= 11 is 1.32. The second-order valence-corrected chi connectivity index (χ2v) is 7.69. The van der Waals surface area contributed by atoms with Crippen LogP contribution in [-0.2, 0) is 14.3 Å². The van der Waals surface area contributed by atoms with E-state index in [1.807, 2.05) is 30.3 Å². The Morgan fingerprint density at radius 2 is 2.07 bits per heavy atom. The van der Waals surface area contributed by atoms with Crippen LogP contribution in [0.1, 0.15) is 50.8 Å². The average Bonchev–Trinajstić information content (AvgIpc) is 3.41. The first kappa shape index (κ1) is 19.3. The van der Waals surface area contributed by atoms with Crippen LogP contribution in [0, 0.1) is 0 Å². The van der Waals surface area contributed by atoms with Gasteiger partial charge in [0.2, 0.25) is 11.1 Å². The van der Waals surface area contributed by atoms with Gasteiger partial charge in [-0.15, -0.1) is 5.10 Å². The van der Waals surface area contributed by atoms with Crippen LogP contribution < -0.4 is 5.32 Å². The molecule has 1 saturated carbocycles. The van der Waals surface area contributed by atoms with Crippen molar-refractivity contribution in [2.24, 2.45) is 0 Å². The Kier molecular flexibility index (Phi) is 6.44. The van der Waals surface area contributed by atoms with E-state index in [1.54, 1.807) is 18.5 Å². The number of carbonyl (C=O) groups excluding carboxylic acids is 2. The predicted octanol–water partition coefficient (Wildman–Crippen LogP) is 2.30. The first-order valence-corrected chi connectivity index (χ1v) is 9.92. The van der Waals surface area contributed by atoms with Gasteiger partial charge in [0, 0.05) is 0 Å². The van der Waals surface area contributed by atoms with Gasteiger partial charge < -0.3 is 10.1 Å². The van der Waals surface area contributed by atoms with E-state index in [0.717, 1.165) is 18.4 Å². The minimum absolute atomic E-state index is 0.0841. The lowest BCUT2D eigenvalue weighted by atomic mass is 10.0. The summed E-state index contributed by atoms with van der Waals surface area (Å²) < 4.78 is 6.82. The van der Waals surface area contributed by atoms with Gasteiger partial charge in [-0.05, 0) is 42.7 Å². The third-order valence-electron chi connectivity index (χ3n) is 4.20. The largest absolute Gasteiger partial charge is 0.466 e. The number of nitrogens with one attached hydrogen (secondary N) is 1. The number of benzene rings is 1. The van der Waals surface area contributed by atoms with Crippen LogP contribution in [0.3, 0.4) is 0 Å². The fourth-order valence-corrected chi connectivity index (χ4v) is 3.50. The maximum absolute atomic E-state index is 12.7. The second kappa shape index (κ2) is 8.98. The number of amides is 1. The van der Waals surface area contributed by atoms with Gasteiger partial charge in [-0.25, -0.2) is 4.68 Å². The fraction of sp³-hybridized carbons (Fsp3) is 0.500. The van der Waals surface area contributed by atoms with Gasteiger partial charge in [-0.2, -0.15) is 0 Å². The maximum atomic E-state index is 12.7. The predicted molar refractivity (Wildman–Crippen MR) is 100.0 cm³/mol. The van der Waals surface area contributed by atoms with E-state index in [0.29, 0.717) is 17.8 Å². The lowest BCUT2D eigenvalue weighted by molar-refractivity contribution is -0.143. The van der Waals surface area contributed by atoms with Gasteiger partial charge in [0.05, 0.1) is 30.4 Å². The summed E-state index contributed by atoms with van der Waals surface area (Å²) in [5.41, 5.74) is 0.860.